The van der Waals surface area contributed by atoms with Gasteiger partial charge in [-0.2, -0.15) is 0 Å². The summed E-state index contributed by atoms with van der Waals surface area (Å²) in [6.45, 7) is 6.47. The van der Waals surface area contributed by atoms with E-state index in [1.165, 1.54) is 12.8 Å². The largest absolute Gasteiger partial charge is 0.384 e. The van der Waals surface area contributed by atoms with Gasteiger partial charge in [-0.05, 0) is 50.6 Å². The van der Waals surface area contributed by atoms with Gasteiger partial charge in [-0.3, -0.25) is 4.79 Å². The summed E-state index contributed by atoms with van der Waals surface area (Å²) in [5.74, 6) is 2.28. The summed E-state index contributed by atoms with van der Waals surface area (Å²) >= 11 is 0. The fraction of sp³-hybridized carbons (Fsp3) is 0.933. The minimum Gasteiger partial charge on any atom is -0.384 e. The minimum absolute atomic E-state index is 0.313. The molecule has 2 fully saturated rings. The van der Waals surface area contributed by atoms with Gasteiger partial charge in [-0.1, -0.05) is 6.92 Å². The Morgan fingerprint density at radius 2 is 2.00 bits per heavy atom. The van der Waals surface area contributed by atoms with E-state index in [1.54, 1.807) is 7.11 Å². The van der Waals surface area contributed by atoms with Crippen molar-refractivity contribution in [2.24, 2.45) is 17.8 Å². The second kappa shape index (κ2) is 6.67. The lowest BCUT2D eigenvalue weighted by Crippen LogP contribution is -2.41. The summed E-state index contributed by atoms with van der Waals surface area (Å²) in [4.78, 5) is 14.4. The predicted octanol–water partition coefficient (Wildman–Crippen LogP) is 2.35. The van der Waals surface area contributed by atoms with E-state index in [0.717, 1.165) is 57.3 Å². The third kappa shape index (κ3) is 3.79. The molecule has 1 saturated carbocycles. The number of hydrogen-bond donors (Lipinski definition) is 0. The summed E-state index contributed by atoms with van der Waals surface area (Å²) < 4.78 is 5.22. The van der Waals surface area contributed by atoms with Crippen molar-refractivity contribution in [3.8, 4) is 0 Å². The summed E-state index contributed by atoms with van der Waals surface area (Å²) in [6.07, 6.45) is 5.47. The van der Waals surface area contributed by atoms with Gasteiger partial charge >= 0.3 is 0 Å². The molecule has 18 heavy (non-hydrogen) atoms. The van der Waals surface area contributed by atoms with Crippen molar-refractivity contribution in [2.75, 3.05) is 33.4 Å². The van der Waals surface area contributed by atoms with Gasteiger partial charge in [0.15, 0.2) is 0 Å². The first-order valence-electron chi connectivity index (χ1n) is 7.43. The number of methoxy groups -OCH3 is 1. The maximum absolute atomic E-state index is 11.9. The first-order chi connectivity index (χ1) is 8.69. The second-order valence-corrected chi connectivity index (χ2v) is 6.24. The van der Waals surface area contributed by atoms with Crippen LogP contribution in [0.4, 0.5) is 0 Å². The van der Waals surface area contributed by atoms with Gasteiger partial charge < -0.3 is 9.64 Å². The number of Topliss-reactive ketones (excluding diaryl/α,β-unsaturated/α-hetero) is 1. The Labute approximate surface area is 111 Å². The Bertz CT molecular complexity index is 272. The van der Waals surface area contributed by atoms with Gasteiger partial charge in [0.05, 0.1) is 0 Å². The Kier molecular flexibility index (Phi) is 5.19. The van der Waals surface area contributed by atoms with E-state index >= 15 is 0 Å². The third-order valence-corrected chi connectivity index (χ3v) is 4.61. The number of piperidine rings is 1. The number of ether oxygens (including phenoxy) is 1. The predicted molar refractivity (Wildman–Crippen MR) is 72.6 cm³/mol. The Morgan fingerprint density at radius 1 is 1.28 bits per heavy atom. The van der Waals surface area contributed by atoms with E-state index < -0.39 is 0 Å². The molecular weight excluding hydrogens is 226 g/mol. The van der Waals surface area contributed by atoms with Gasteiger partial charge in [0.1, 0.15) is 5.78 Å². The molecule has 2 rings (SSSR count). The molecule has 0 N–H and O–H groups in total. The fourth-order valence-electron chi connectivity index (χ4n) is 3.39. The van der Waals surface area contributed by atoms with E-state index in [9.17, 15) is 4.79 Å². The third-order valence-electron chi connectivity index (χ3n) is 4.61. The van der Waals surface area contributed by atoms with Crippen LogP contribution in [0.1, 0.15) is 39.0 Å². The first kappa shape index (κ1) is 14.0. The average molecular weight is 253 g/mol. The fourth-order valence-corrected chi connectivity index (χ4v) is 3.39. The quantitative estimate of drug-likeness (QED) is 0.770. The summed E-state index contributed by atoms with van der Waals surface area (Å²) in [5.41, 5.74) is 0. The van der Waals surface area contributed by atoms with Gasteiger partial charge in [-0.25, -0.2) is 0 Å². The SMILES string of the molecule is COCC1CCN(CC2CC(C)CCC2=O)CC1. The topological polar surface area (TPSA) is 29.5 Å². The molecule has 0 spiro atoms. The molecule has 1 aliphatic carbocycles. The van der Waals surface area contributed by atoms with Gasteiger partial charge in [0.2, 0.25) is 0 Å². The summed E-state index contributed by atoms with van der Waals surface area (Å²) in [6, 6.07) is 0. The Morgan fingerprint density at radius 3 is 2.67 bits per heavy atom. The molecule has 2 unspecified atom stereocenters. The van der Waals surface area contributed by atoms with Gasteiger partial charge in [0, 0.05) is 32.6 Å². The standard InChI is InChI=1S/C15H27NO2/c1-12-3-4-15(17)14(9-12)10-16-7-5-13(6-8-16)11-18-2/h12-14H,3-11H2,1-2H3. The highest BCUT2D eigenvalue weighted by molar-refractivity contribution is 5.81. The molecule has 1 saturated heterocycles. The second-order valence-electron chi connectivity index (χ2n) is 6.24. The van der Waals surface area contributed by atoms with Crippen LogP contribution in [0.15, 0.2) is 0 Å². The lowest BCUT2D eigenvalue weighted by molar-refractivity contribution is -0.126. The normalized spacial score (nSPS) is 31.8. The number of ketones is 1. The maximum atomic E-state index is 11.9. The molecule has 104 valence electrons. The minimum atomic E-state index is 0.313. The van der Waals surface area contributed by atoms with Crippen molar-refractivity contribution in [3.63, 3.8) is 0 Å². The van der Waals surface area contributed by atoms with E-state index in [4.69, 9.17) is 4.74 Å². The average Bonchev–Trinajstić information content (AvgIpc) is 2.37. The highest BCUT2D eigenvalue weighted by Gasteiger charge is 2.29. The van der Waals surface area contributed by atoms with Crippen LogP contribution < -0.4 is 0 Å². The molecule has 0 aromatic rings. The number of nitrogens with zero attached hydrogens (tertiary/aromatic N) is 1. The van der Waals surface area contributed by atoms with Gasteiger partial charge in [-0.15, -0.1) is 0 Å². The summed E-state index contributed by atoms with van der Waals surface area (Å²) in [7, 11) is 1.79. The Hall–Kier alpha value is -0.410. The molecule has 1 heterocycles. The van der Waals surface area contributed by atoms with Crippen molar-refractivity contribution in [1.29, 1.82) is 0 Å². The Balaban J connectivity index is 1.75. The molecular formula is C15H27NO2. The van der Waals surface area contributed by atoms with Crippen LogP contribution >= 0.6 is 0 Å². The summed E-state index contributed by atoms with van der Waals surface area (Å²) in [5, 5.41) is 0. The maximum Gasteiger partial charge on any atom is 0.137 e. The van der Waals surface area contributed by atoms with Crippen LogP contribution in [0, 0.1) is 17.8 Å². The molecule has 2 aliphatic rings. The smallest absolute Gasteiger partial charge is 0.137 e. The van der Waals surface area contributed by atoms with Crippen LogP contribution in [0.2, 0.25) is 0 Å². The zero-order valence-corrected chi connectivity index (χ0v) is 11.9. The van der Waals surface area contributed by atoms with Gasteiger partial charge in [0.25, 0.3) is 0 Å². The molecule has 0 aromatic heterocycles. The van der Waals surface area contributed by atoms with Crippen molar-refractivity contribution in [3.05, 3.63) is 0 Å². The first-order valence-corrected chi connectivity index (χ1v) is 7.43. The molecule has 3 heteroatoms. The zero-order valence-electron chi connectivity index (χ0n) is 11.9. The number of carbonyl (C=O) groups excluding carboxylic acids is 1. The van der Waals surface area contributed by atoms with E-state index in [-0.39, 0.29) is 0 Å². The number of rotatable bonds is 4. The number of carbonyl (C=O) groups is 1. The van der Waals surface area contributed by atoms with E-state index in [0.29, 0.717) is 11.7 Å². The van der Waals surface area contributed by atoms with Crippen LogP contribution in [-0.4, -0.2) is 44.0 Å². The lowest BCUT2D eigenvalue weighted by Gasteiger charge is -2.35. The monoisotopic (exact) mass is 253 g/mol. The van der Waals surface area contributed by atoms with E-state index in [2.05, 4.69) is 11.8 Å². The van der Waals surface area contributed by atoms with Crippen LogP contribution in [-0.2, 0) is 9.53 Å². The number of hydrogen-bond acceptors (Lipinski definition) is 3. The van der Waals surface area contributed by atoms with Crippen molar-refractivity contribution in [1.82, 2.24) is 4.90 Å². The van der Waals surface area contributed by atoms with Crippen LogP contribution in [0.3, 0.4) is 0 Å². The molecule has 0 aromatic carbocycles. The highest BCUT2D eigenvalue weighted by atomic mass is 16.5. The van der Waals surface area contributed by atoms with Crippen molar-refractivity contribution in [2.45, 2.75) is 39.0 Å². The van der Waals surface area contributed by atoms with Crippen molar-refractivity contribution < 1.29 is 9.53 Å². The number of likely N-dealkylation sites (tertiary alicyclic amines) is 1. The molecule has 1 aliphatic heterocycles. The molecule has 2 atom stereocenters. The van der Waals surface area contributed by atoms with Crippen molar-refractivity contribution >= 4 is 5.78 Å². The molecule has 0 radical (unpaired) electrons. The van der Waals surface area contributed by atoms with Crippen LogP contribution in [0.5, 0.6) is 0 Å². The molecule has 0 bridgehead atoms. The zero-order chi connectivity index (χ0) is 13.0. The molecule has 3 nitrogen and oxygen atoms in total. The molecule has 0 amide bonds. The highest BCUT2D eigenvalue weighted by Crippen LogP contribution is 2.28. The van der Waals surface area contributed by atoms with E-state index in [1.807, 2.05) is 0 Å². The van der Waals surface area contributed by atoms with Crippen LogP contribution in [0.25, 0.3) is 0 Å². The lowest BCUT2D eigenvalue weighted by atomic mass is 9.81.